The summed E-state index contributed by atoms with van der Waals surface area (Å²) in [5, 5.41) is 12.4. The SMILES string of the molecule is Nc1nn2c(CCOc3ccccc3F)nnc2s1. The standard InChI is InChI=1S/C11H10FN5OS/c12-7-3-1-2-4-8(7)18-6-5-9-14-15-11-17(9)16-10(13)19-11/h1-4H,5-6H2,(H2,13,16). The summed E-state index contributed by atoms with van der Waals surface area (Å²) in [7, 11) is 0. The van der Waals surface area contributed by atoms with E-state index in [1.54, 1.807) is 22.7 Å². The Kier molecular flexibility index (Phi) is 3.00. The van der Waals surface area contributed by atoms with Gasteiger partial charge >= 0.3 is 0 Å². The number of aromatic nitrogens is 4. The molecule has 0 radical (unpaired) electrons. The molecule has 2 heterocycles. The van der Waals surface area contributed by atoms with Gasteiger partial charge in [-0.15, -0.1) is 15.3 Å². The predicted molar refractivity (Wildman–Crippen MR) is 68.7 cm³/mol. The van der Waals surface area contributed by atoms with Gasteiger partial charge in [-0.25, -0.2) is 4.39 Å². The van der Waals surface area contributed by atoms with Crippen molar-refractivity contribution in [2.45, 2.75) is 6.42 Å². The Bertz CT molecular complexity index is 710. The van der Waals surface area contributed by atoms with Crippen LogP contribution in [0.4, 0.5) is 9.52 Å². The Morgan fingerprint density at radius 3 is 3.00 bits per heavy atom. The van der Waals surface area contributed by atoms with Crippen LogP contribution in [0.2, 0.25) is 0 Å². The maximum Gasteiger partial charge on any atom is 0.236 e. The molecule has 0 aliphatic rings. The number of benzene rings is 1. The zero-order valence-electron chi connectivity index (χ0n) is 9.78. The molecule has 0 saturated heterocycles. The van der Waals surface area contributed by atoms with Crippen LogP contribution >= 0.6 is 11.3 Å². The van der Waals surface area contributed by atoms with Crippen LogP contribution in [0.3, 0.4) is 0 Å². The number of nitrogens with two attached hydrogens (primary N) is 1. The molecule has 2 N–H and O–H groups in total. The maximum atomic E-state index is 13.3. The van der Waals surface area contributed by atoms with Crippen molar-refractivity contribution in [3.05, 3.63) is 35.9 Å². The molecule has 98 valence electrons. The summed E-state index contributed by atoms with van der Waals surface area (Å²) in [4.78, 5) is 0.637. The van der Waals surface area contributed by atoms with Crippen molar-refractivity contribution in [2.75, 3.05) is 12.3 Å². The summed E-state index contributed by atoms with van der Waals surface area (Å²) >= 11 is 1.26. The topological polar surface area (TPSA) is 78.3 Å². The van der Waals surface area contributed by atoms with E-state index in [4.69, 9.17) is 10.5 Å². The molecule has 0 aliphatic carbocycles. The van der Waals surface area contributed by atoms with E-state index in [1.165, 1.54) is 17.4 Å². The van der Waals surface area contributed by atoms with Gasteiger partial charge in [0.2, 0.25) is 10.1 Å². The highest BCUT2D eigenvalue weighted by molar-refractivity contribution is 7.20. The van der Waals surface area contributed by atoms with Crippen LogP contribution in [0, 0.1) is 5.82 Å². The summed E-state index contributed by atoms with van der Waals surface area (Å²) < 4.78 is 20.3. The molecule has 0 fully saturated rings. The number of halogens is 1. The third-order valence-electron chi connectivity index (χ3n) is 2.49. The number of fused-ring (bicyclic) bond motifs is 1. The van der Waals surface area contributed by atoms with Crippen molar-refractivity contribution in [1.82, 2.24) is 19.8 Å². The van der Waals surface area contributed by atoms with Crippen LogP contribution < -0.4 is 10.5 Å². The molecule has 0 spiro atoms. The molecule has 2 aromatic heterocycles. The molecule has 3 aromatic rings. The van der Waals surface area contributed by atoms with Gasteiger partial charge in [-0.3, -0.25) is 0 Å². The Hall–Kier alpha value is -2.22. The van der Waals surface area contributed by atoms with Crippen LogP contribution in [0.1, 0.15) is 5.82 Å². The molecule has 19 heavy (non-hydrogen) atoms. The molecular weight excluding hydrogens is 269 g/mol. The molecular formula is C11H10FN5OS. The van der Waals surface area contributed by atoms with Gasteiger partial charge in [0.05, 0.1) is 6.61 Å². The van der Waals surface area contributed by atoms with Gasteiger partial charge in [-0.05, 0) is 12.1 Å². The third kappa shape index (κ3) is 2.34. The fourth-order valence-corrected chi connectivity index (χ4v) is 2.27. The first-order valence-corrected chi connectivity index (χ1v) is 6.39. The largest absolute Gasteiger partial charge is 0.490 e. The average molecular weight is 279 g/mol. The van der Waals surface area contributed by atoms with Gasteiger partial charge < -0.3 is 10.5 Å². The molecule has 0 aliphatic heterocycles. The summed E-state index contributed by atoms with van der Waals surface area (Å²) in [6, 6.07) is 6.26. The highest BCUT2D eigenvalue weighted by Gasteiger charge is 2.10. The lowest BCUT2D eigenvalue weighted by atomic mass is 10.3. The lowest BCUT2D eigenvalue weighted by molar-refractivity contribution is 0.302. The van der Waals surface area contributed by atoms with Crippen molar-refractivity contribution in [3.8, 4) is 5.75 Å². The molecule has 0 bridgehead atoms. The second-order valence-electron chi connectivity index (χ2n) is 3.78. The van der Waals surface area contributed by atoms with E-state index in [1.807, 2.05) is 0 Å². The van der Waals surface area contributed by atoms with Crippen molar-refractivity contribution in [2.24, 2.45) is 0 Å². The lowest BCUT2D eigenvalue weighted by Crippen LogP contribution is -2.06. The zero-order chi connectivity index (χ0) is 13.2. The minimum absolute atomic E-state index is 0.223. The average Bonchev–Trinajstić information content (AvgIpc) is 2.92. The van der Waals surface area contributed by atoms with Gasteiger partial charge in [0.15, 0.2) is 17.4 Å². The summed E-state index contributed by atoms with van der Waals surface area (Å²) in [5.41, 5.74) is 5.58. The lowest BCUT2D eigenvalue weighted by Gasteiger charge is -2.05. The molecule has 0 atom stereocenters. The van der Waals surface area contributed by atoms with Crippen molar-refractivity contribution >= 4 is 21.4 Å². The van der Waals surface area contributed by atoms with Crippen LogP contribution in [0.5, 0.6) is 5.75 Å². The van der Waals surface area contributed by atoms with Crippen molar-refractivity contribution in [1.29, 1.82) is 0 Å². The number of nitrogens with zero attached hydrogens (tertiary/aromatic N) is 4. The molecule has 0 unspecified atom stereocenters. The van der Waals surface area contributed by atoms with Crippen LogP contribution in [0.15, 0.2) is 24.3 Å². The number of nitrogen functional groups attached to an aromatic ring is 1. The van der Waals surface area contributed by atoms with Gasteiger partial charge in [-0.1, -0.05) is 23.5 Å². The molecule has 3 rings (SSSR count). The second kappa shape index (κ2) is 4.81. The number of rotatable bonds is 4. The smallest absolute Gasteiger partial charge is 0.236 e. The van der Waals surface area contributed by atoms with Crippen LogP contribution in [0.25, 0.3) is 4.96 Å². The van der Waals surface area contributed by atoms with Crippen LogP contribution in [-0.4, -0.2) is 26.4 Å². The van der Waals surface area contributed by atoms with E-state index in [0.29, 0.717) is 28.9 Å². The van der Waals surface area contributed by atoms with Gasteiger partial charge in [0.25, 0.3) is 0 Å². The van der Waals surface area contributed by atoms with Gasteiger partial charge in [0, 0.05) is 6.42 Å². The normalized spacial score (nSPS) is 11.0. The quantitative estimate of drug-likeness (QED) is 0.783. The summed E-state index contributed by atoms with van der Waals surface area (Å²) in [5.74, 6) is 0.479. The number of ether oxygens (including phenoxy) is 1. The van der Waals surface area contributed by atoms with Crippen molar-refractivity contribution in [3.63, 3.8) is 0 Å². The first kappa shape index (κ1) is 11.8. The molecule has 0 saturated carbocycles. The van der Waals surface area contributed by atoms with Crippen LogP contribution in [-0.2, 0) is 6.42 Å². The van der Waals surface area contributed by atoms with Gasteiger partial charge in [0.1, 0.15) is 0 Å². The van der Waals surface area contributed by atoms with Crippen molar-refractivity contribution < 1.29 is 9.13 Å². The monoisotopic (exact) mass is 279 g/mol. The van der Waals surface area contributed by atoms with Gasteiger partial charge in [-0.2, -0.15) is 4.52 Å². The Labute approximate surface area is 111 Å². The molecule has 8 heteroatoms. The molecule has 1 aromatic carbocycles. The third-order valence-corrected chi connectivity index (χ3v) is 3.22. The first-order chi connectivity index (χ1) is 9.24. The Morgan fingerprint density at radius 2 is 2.16 bits per heavy atom. The van der Waals surface area contributed by atoms with E-state index in [2.05, 4.69) is 15.3 Å². The maximum absolute atomic E-state index is 13.3. The minimum Gasteiger partial charge on any atom is -0.490 e. The fraction of sp³-hybridized carbons (Fsp3) is 0.182. The number of hydrogen-bond donors (Lipinski definition) is 1. The highest BCUT2D eigenvalue weighted by atomic mass is 32.1. The van der Waals surface area contributed by atoms with E-state index >= 15 is 0 Å². The zero-order valence-corrected chi connectivity index (χ0v) is 10.6. The van der Waals surface area contributed by atoms with E-state index < -0.39 is 0 Å². The number of anilines is 1. The number of para-hydroxylation sites is 1. The van der Waals surface area contributed by atoms with E-state index in [0.717, 1.165) is 0 Å². The summed E-state index contributed by atoms with van der Waals surface area (Å²) in [6.45, 7) is 0.291. The molecule has 0 amide bonds. The minimum atomic E-state index is -0.383. The molecule has 6 nitrogen and oxygen atoms in total. The summed E-state index contributed by atoms with van der Waals surface area (Å²) in [6.07, 6.45) is 0.471. The van der Waals surface area contributed by atoms with E-state index in [-0.39, 0.29) is 11.6 Å². The first-order valence-electron chi connectivity index (χ1n) is 5.58. The predicted octanol–water partition coefficient (Wildman–Crippen LogP) is 1.53. The Balaban J connectivity index is 1.68. The number of hydrogen-bond acceptors (Lipinski definition) is 6. The Morgan fingerprint density at radius 1 is 1.32 bits per heavy atom. The highest BCUT2D eigenvalue weighted by Crippen LogP contribution is 2.17. The van der Waals surface area contributed by atoms with E-state index in [9.17, 15) is 4.39 Å². The second-order valence-corrected chi connectivity index (χ2v) is 4.77. The fourth-order valence-electron chi connectivity index (χ4n) is 1.64.